The molecule has 2 atom stereocenters. The predicted molar refractivity (Wildman–Crippen MR) is 83.4 cm³/mol. The maximum absolute atomic E-state index is 12.3. The zero-order valence-corrected chi connectivity index (χ0v) is 12.6. The third kappa shape index (κ3) is 3.75. The summed E-state index contributed by atoms with van der Waals surface area (Å²) in [4.78, 5) is 14.3. The van der Waals surface area contributed by atoms with Gasteiger partial charge in [0.1, 0.15) is 0 Å². The van der Waals surface area contributed by atoms with Crippen LogP contribution >= 0.6 is 0 Å². The first kappa shape index (κ1) is 14.9. The van der Waals surface area contributed by atoms with Crippen LogP contribution in [0.4, 0.5) is 5.69 Å². The second kappa shape index (κ2) is 6.78. The van der Waals surface area contributed by atoms with Crippen molar-refractivity contribution in [3.63, 3.8) is 0 Å². The van der Waals surface area contributed by atoms with Crippen molar-refractivity contribution in [2.75, 3.05) is 12.8 Å². The first-order valence-corrected chi connectivity index (χ1v) is 7.68. The highest BCUT2D eigenvalue weighted by Gasteiger charge is 2.27. The van der Waals surface area contributed by atoms with Gasteiger partial charge >= 0.3 is 0 Å². The molecule has 20 heavy (non-hydrogen) atoms. The zero-order valence-electron chi connectivity index (χ0n) is 12.6. The number of rotatable bonds is 4. The van der Waals surface area contributed by atoms with Gasteiger partial charge in [0.05, 0.1) is 0 Å². The molecule has 1 fully saturated rings. The van der Waals surface area contributed by atoms with E-state index in [2.05, 4.69) is 6.92 Å². The first-order chi connectivity index (χ1) is 9.58. The van der Waals surface area contributed by atoms with Gasteiger partial charge in [-0.1, -0.05) is 31.9 Å². The summed E-state index contributed by atoms with van der Waals surface area (Å²) in [6.07, 6.45) is 6.36. The molecular weight excluding hydrogens is 248 g/mol. The van der Waals surface area contributed by atoms with Crippen molar-refractivity contribution in [2.45, 2.75) is 51.5 Å². The van der Waals surface area contributed by atoms with E-state index in [1.165, 1.54) is 24.8 Å². The third-order valence-corrected chi connectivity index (χ3v) is 4.56. The standard InChI is InChI=1S/C17H26N2O/c1-13-5-3-4-6-16(13)19(2)17(20)12-9-14-7-10-15(18)11-8-14/h7-8,10-11,13,16H,3-6,9,12,18H2,1-2H3. The van der Waals surface area contributed by atoms with Crippen LogP contribution in [0, 0.1) is 5.92 Å². The van der Waals surface area contributed by atoms with E-state index in [0.717, 1.165) is 18.5 Å². The molecule has 3 nitrogen and oxygen atoms in total. The molecule has 3 heteroatoms. The number of anilines is 1. The molecule has 1 aliphatic rings. The fraction of sp³-hybridized carbons (Fsp3) is 0.588. The third-order valence-electron chi connectivity index (χ3n) is 4.56. The Hall–Kier alpha value is -1.51. The van der Waals surface area contributed by atoms with Gasteiger partial charge in [0.2, 0.25) is 5.91 Å². The first-order valence-electron chi connectivity index (χ1n) is 7.68. The van der Waals surface area contributed by atoms with E-state index in [9.17, 15) is 4.79 Å². The van der Waals surface area contributed by atoms with Gasteiger partial charge < -0.3 is 10.6 Å². The number of carbonyl (C=O) groups is 1. The quantitative estimate of drug-likeness (QED) is 0.857. The van der Waals surface area contributed by atoms with Crippen LogP contribution in [-0.4, -0.2) is 23.9 Å². The van der Waals surface area contributed by atoms with Gasteiger partial charge in [-0.25, -0.2) is 0 Å². The Morgan fingerprint density at radius 2 is 1.90 bits per heavy atom. The van der Waals surface area contributed by atoms with Crippen molar-refractivity contribution in [3.8, 4) is 0 Å². The summed E-state index contributed by atoms with van der Waals surface area (Å²) in [6, 6.07) is 8.24. The largest absolute Gasteiger partial charge is 0.399 e. The lowest BCUT2D eigenvalue weighted by Gasteiger charge is -2.36. The van der Waals surface area contributed by atoms with Crippen LogP contribution < -0.4 is 5.73 Å². The SMILES string of the molecule is CC1CCCCC1N(C)C(=O)CCc1ccc(N)cc1. The van der Waals surface area contributed by atoms with Gasteiger partial charge in [-0.05, 0) is 42.9 Å². The molecule has 2 rings (SSSR count). The molecule has 1 saturated carbocycles. The van der Waals surface area contributed by atoms with E-state index in [-0.39, 0.29) is 5.91 Å². The van der Waals surface area contributed by atoms with Crippen LogP contribution in [0.2, 0.25) is 0 Å². The molecule has 0 saturated heterocycles. The van der Waals surface area contributed by atoms with Gasteiger partial charge in [0.25, 0.3) is 0 Å². The Labute approximate surface area is 122 Å². The van der Waals surface area contributed by atoms with Crippen molar-refractivity contribution in [3.05, 3.63) is 29.8 Å². The molecule has 0 radical (unpaired) electrons. The number of benzene rings is 1. The van der Waals surface area contributed by atoms with E-state index in [1.807, 2.05) is 36.2 Å². The highest BCUT2D eigenvalue weighted by Crippen LogP contribution is 2.27. The van der Waals surface area contributed by atoms with E-state index in [1.54, 1.807) is 0 Å². The Balaban J connectivity index is 1.86. The topological polar surface area (TPSA) is 46.3 Å². The average Bonchev–Trinajstić information content (AvgIpc) is 2.46. The summed E-state index contributed by atoms with van der Waals surface area (Å²) >= 11 is 0. The Kier molecular flexibility index (Phi) is 5.05. The van der Waals surface area contributed by atoms with E-state index in [4.69, 9.17) is 5.73 Å². The summed E-state index contributed by atoms with van der Waals surface area (Å²) in [5.74, 6) is 0.898. The summed E-state index contributed by atoms with van der Waals surface area (Å²) in [7, 11) is 1.97. The highest BCUT2D eigenvalue weighted by atomic mass is 16.2. The van der Waals surface area contributed by atoms with Crippen LogP contribution in [0.3, 0.4) is 0 Å². The monoisotopic (exact) mass is 274 g/mol. The second-order valence-electron chi connectivity index (χ2n) is 6.08. The number of nitrogens with zero attached hydrogens (tertiary/aromatic N) is 1. The van der Waals surface area contributed by atoms with Crippen LogP contribution in [-0.2, 0) is 11.2 Å². The van der Waals surface area contributed by atoms with Crippen LogP contribution in [0.5, 0.6) is 0 Å². The molecule has 0 aromatic heterocycles. The fourth-order valence-corrected chi connectivity index (χ4v) is 3.17. The summed E-state index contributed by atoms with van der Waals surface area (Å²) < 4.78 is 0. The Morgan fingerprint density at radius 1 is 1.25 bits per heavy atom. The molecule has 0 spiro atoms. The number of hydrogen-bond donors (Lipinski definition) is 1. The second-order valence-corrected chi connectivity index (χ2v) is 6.08. The maximum atomic E-state index is 12.3. The van der Waals surface area contributed by atoms with Crippen molar-refractivity contribution in [1.29, 1.82) is 0 Å². The summed E-state index contributed by atoms with van der Waals surface area (Å²) in [6.45, 7) is 2.27. The number of nitrogen functional groups attached to an aromatic ring is 1. The molecule has 0 aliphatic heterocycles. The molecule has 0 bridgehead atoms. The minimum Gasteiger partial charge on any atom is -0.399 e. The maximum Gasteiger partial charge on any atom is 0.222 e. The van der Waals surface area contributed by atoms with Crippen molar-refractivity contribution in [2.24, 2.45) is 5.92 Å². The molecule has 110 valence electrons. The van der Waals surface area contributed by atoms with Crippen LogP contribution in [0.25, 0.3) is 0 Å². The molecule has 1 amide bonds. The summed E-state index contributed by atoms with van der Waals surface area (Å²) in [5, 5.41) is 0. The van der Waals surface area contributed by atoms with Gasteiger partial charge in [0.15, 0.2) is 0 Å². The normalized spacial score (nSPS) is 22.5. The molecule has 1 aromatic carbocycles. The number of nitrogens with two attached hydrogens (primary N) is 1. The number of carbonyl (C=O) groups excluding carboxylic acids is 1. The Morgan fingerprint density at radius 3 is 2.55 bits per heavy atom. The lowest BCUT2D eigenvalue weighted by Crippen LogP contribution is -2.42. The van der Waals surface area contributed by atoms with Crippen molar-refractivity contribution < 1.29 is 4.79 Å². The van der Waals surface area contributed by atoms with Crippen molar-refractivity contribution >= 4 is 11.6 Å². The van der Waals surface area contributed by atoms with E-state index >= 15 is 0 Å². The van der Waals surface area contributed by atoms with Gasteiger partial charge in [0, 0.05) is 25.2 Å². The molecule has 1 aromatic rings. The fourth-order valence-electron chi connectivity index (χ4n) is 3.17. The van der Waals surface area contributed by atoms with Crippen LogP contribution in [0.15, 0.2) is 24.3 Å². The number of hydrogen-bond acceptors (Lipinski definition) is 2. The number of aryl methyl sites for hydroxylation is 1. The van der Waals surface area contributed by atoms with E-state index < -0.39 is 0 Å². The van der Waals surface area contributed by atoms with E-state index in [0.29, 0.717) is 18.4 Å². The molecule has 2 N–H and O–H groups in total. The lowest BCUT2D eigenvalue weighted by molar-refractivity contribution is -0.133. The zero-order chi connectivity index (χ0) is 14.5. The Bertz CT molecular complexity index is 441. The molecule has 0 heterocycles. The average molecular weight is 274 g/mol. The van der Waals surface area contributed by atoms with Gasteiger partial charge in [-0.15, -0.1) is 0 Å². The van der Waals surface area contributed by atoms with Gasteiger partial charge in [-0.3, -0.25) is 4.79 Å². The predicted octanol–water partition coefficient (Wildman–Crippen LogP) is 3.24. The molecular formula is C17H26N2O. The van der Waals surface area contributed by atoms with Crippen LogP contribution in [0.1, 0.15) is 44.6 Å². The molecule has 2 unspecified atom stereocenters. The van der Waals surface area contributed by atoms with Gasteiger partial charge in [-0.2, -0.15) is 0 Å². The highest BCUT2D eigenvalue weighted by molar-refractivity contribution is 5.76. The smallest absolute Gasteiger partial charge is 0.222 e. The minimum atomic E-state index is 0.264. The number of amides is 1. The lowest BCUT2D eigenvalue weighted by atomic mass is 9.85. The van der Waals surface area contributed by atoms with Crippen molar-refractivity contribution in [1.82, 2.24) is 4.90 Å². The minimum absolute atomic E-state index is 0.264. The molecule has 1 aliphatic carbocycles. The summed E-state index contributed by atoms with van der Waals surface area (Å²) in [5.41, 5.74) is 7.62.